The lowest BCUT2D eigenvalue weighted by Gasteiger charge is -2.09. The summed E-state index contributed by atoms with van der Waals surface area (Å²) in [6.07, 6.45) is 0. The van der Waals surface area contributed by atoms with Crippen LogP contribution in [0.1, 0.15) is 21.5 Å². The number of ether oxygens (including phenoxy) is 2. The average molecular weight is 256 g/mol. The third-order valence-corrected chi connectivity index (χ3v) is 2.79. The molecule has 0 amide bonds. The highest BCUT2D eigenvalue weighted by Gasteiger charge is 2.13. The van der Waals surface area contributed by atoms with E-state index in [1.165, 1.54) is 0 Å². The zero-order valence-corrected chi connectivity index (χ0v) is 11.1. The molecule has 0 N–H and O–H groups in total. The lowest BCUT2D eigenvalue weighted by Crippen LogP contribution is -2.07. The highest BCUT2D eigenvalue weighted by molar-refractivity contribution is 5.92. The molecule has 98 valence electrons. The Morgan fingerprint density at radius 2 is 1.84 bits per heavy atom. The van der Waals surface area contributed by atoms with Crippen LogP contribution in [0.3, 0.4) is 0 Å². The number of carbonyl (C=O) groups is 1. The van der Waals surface area contributed by atoms with E-state index in [0.717, 1.165) is 11.1 Å². The van der Waals surface area contributed by atoms with Crippen molar-refractivity contribution in [1.82, 2.24) is 0 Å². The second-order valence-corrected chi connectivity index (χ2v) is 4.27. The molecule has 0 unspecified atom stereocenters. The maximum Gasteiger partial charge on any atom is 0.342 e. The van der Waals surface area contributed by atoms with E-state index in [9.17, 15) is 4.79 Å². The molecule has 0 radical (unpaired) electrons. The standard InChI is InChI=1S/C16H16O3/c1-12-8-9-14(15(10-12)18-2)16(17)19-11-13-6-4-3-5-7-13/h3-10H,11H2,1-2H3. The molecule has 0 aliphatic heterocycles. The molecule has 3 heteroatoms. The number of esters is 1. The largest absolute Gasteiger partial charge is 0.496 e. The molecule has 2 aromatic carbocycles. The lowest BCUT2D eigenvalue weighted by molar-refractivity contribution is 0.0469. The Hall–Kier alpha value is -2.29. The second kappa shape index (κ2) is 6.05. The van der Waals surface area contributed by atoms with Gasteiger partial charge in [-0.25, -0.2) is 4.79 Å². The van der Waals surface area contributed by atoms with Gasteiger partial charge in [0.05, 0.1) is 7.11 Å². The van der Waals surface area contributed by atoms with Crippen molar-refractivity contribution in [3.8, 4) is 5.75 Å². The van der Waals surface area contributed by atoms with Crippen LogP contribution in [-0.2, 0) is 11.3 Å². The zero-order valence-electron chi connectivity index (χ0n) is 11.1. The van der Waals surface area contributed by atoms with Crippen LogP contribution in [0.25, 0.3) is 0 Å². The summed E-state index contributed by atoms with van der Waals surface area (Å²) in [6, 6.07) is 15.0. The van der Waals surface area contributed by atoms with Gasteiger partial charge in [0.2, 0.25) is 0 Å². The smallest absolute Gasteiger partial charge is 0.342 e. The van der Waals surface area contributed by atoms with Crippen LogP contribution in [0.15, 0.2) is 48.5 Å². The maximum atomic E-state index is 12.0. The molecule has 0 heterocycles. The van der Waals surface area contributed by atoms with E-state index in [-0.39, 0.29) is 12.6 Å². The Morgan fingerprint density at radius 1 is 1.11 bits per heavy atom. The normalized spacial score (nSPS) is 10.0. The molecule has 0 aliphatic carbocycles. The number of benzene rings is 2. The van der Waals surface area contributed by atoms with Crippen LogP contribution in [0.4, 0.5) is 0 Å². The van der Waals surface area contributed by atoms with Crippen molar-refractivity contribution in [2.24, 2.45) is 0 Å². The molecular formula is C16H16O3. The van der Waals surface area contributed by atoms with Gasteiger partial charge in [-0.3, -0.25) is 0 Å². The number of methoxy groups -OCH3 is 1. The molecule has 0 saturated carbocycles. The molecule has 0 aromatic heterocycles. The Kier molecular flexibility index (Phi) is 4.18. The third-order valence-electron chi connectivity index (χ3n) is 2.79. The number of carbonyl (C=O) groups excluding carboxylic acids is 1. The Morgan fingerprint density at radius 3 is 2.53 bits per heavy atom. The van der Waals surface area contributed by atoms with Gasteiger partial charge in [-0.05, 0) is 30.2 Å². The van der Waals surface area contributed by atoms with Gasteiger partial charge in [-0.2, -0.15) is 0 Å². The van der Waals surface area contributed by atoms with Gasteiger partial charge in [0.1, 0.15) is 17.9 Å². The van der Waals surface area contributed by atoms with Gasteiger partial charge in [-0.1, -0.05) is 36.4 Å². The van der Waals surface area contributed by atoms with E-state index in [2.05, 4.69) is 0 Å². The predicted molar refractivity (Wildman–Crippen MR) is 73.3 cm³/mol. The van der Waals surface area contributed by atoms with E-state index >= 15 is 0 Å². The minimum atomic E-state index is -0.374. The summed E-state index contributed by atoms with van der Waals surface area (Å²) in [5, 5.41) is 0. The van der Waals surface area contributed by atoms with Crippen LogP contribution in [0, 0.1) is 6.92 Å². The highest BCUT2D eigenvalue weighted by atomic mass is 16.5. The molecule has 0 atom stereocenters. The fourth-order valence-electron chi connectivity index (χ4n) is 1.77. The molecule has 0 aliphatic rings. The monoisotopic (exact) mass is 256 g/mol. The minimum absolute atomic E-state index is 0.261. The van der Waals surface area contributed by atoms with Crippen molar-refractivity contribution in [2.75, 3.05) is 7.11 Å². The minimum Gasteiger partial charge on any atom is -0.496 e. The van der Waals surface area contributed by atoms with E-state index in [4.69, 9.17) is 9.47 Å². The molecule has 19 heavy (non-hydrogen) atoms. The van der Waals surface area contributed by atoms with Crippen molar-refractivity contribution in [3.05, 3.63) is 65.2 Å². The van der Waals surface area contributed by atoms with Crippen molar-refractivity contribution in [3.63, 3.8) is 0 Å². The molecule has 0 bridgehead atoms. The first-order valence-electron chi connectivity index (χ1n) is 6.06. The van der Waals surface area contributed by atoms with Crippen molar-refractivity contribution in [1.29, 1.82) is 0 Å². The molecule has 0 spiro atoms. The third kappa shape index (κ3) is 3.35. The summed E-state index contributed by atoms with van der Waals surface area (Å²) in [5.41, 5.74) is 2.45. The first-order chi connectivity index (χ1) is 9.20. The fourth-order valence-corrected chi connectivity index (χ4v) is 1.77. The SMILES string of the molecule is COc1cc(C)ccc1C(=O)OCc1ccccc1. The first-order valence-corrected chi connectivity index (χ1v) is 6.06. The van der Waals surface area contributed by atoms with Crippen LogP contribution in [0.5, 0.6) is 5.75 Å². The molecule has 0 fully saturated rings. The number of hydrogen-bond acceptors (Lipinski definition) is 3. The maximum absolute atomic E-state index is 12.0. The topological polar surface area (TPSA) is 35.5 Å². The van der Waals surface area contributed by atoms with Crippen molar-refractivity contribution in [2.45, 2.75) is 13.5 Å². The van der Waals surface area contributed by atoms with Gasteiger partial charge >= 0.3 is 5.97 Å². The summed E-state index contributed by atoms with van der Waals surface area (Å²) in [4.78, 5) is 12.0. The second-order valence-electron chi connectivity index (χ2n) is 4.27. The van der Waals surface area contributed by atoms with Gasteiger partial charge in [0.15, 0.2) is 0 Å². The van der Waals surface area contributed by atoms with Gasteiger partial charge in [-0.15, -0.1) is 0 Å². The number of aryl methyl sites for hydroxylation is 1. The van der Waals surface area contributed by atoms with E-state index < -0.39 is 0 Å². The number of hydrogen-bond donors (Lipinski definition) is 0. The Labute approximate surface area is 112 Å². The molecule has 2 rings (SSSR count). The molecule has 3 nitrogen and oxygen atoms in total. The highest BCUT2D eigenvalue weighted by Crippen LogP contribution is 2.21. The summed E-state index contributed by atoms with van der Waals surface area (Å²) in [5.74, 6) is 0.166. The summed E-state index contributed by atoms with van der Waals surface area (Å²) in [6.45, 7) is 2.21. The van der Waals surface area contributed by atoms with Crippen LogP contribution < -0.4 is 4.74 Å². The van der Waals surface area contributed by atoms with Crippen LogP contribution in [-0.4, -0.2) is 13.1 Å². The Bertz CT molecular complexity index is 561. The predicted octanol–water partition coefficient (Wildman–Crippen LogP) is 3.36. The zero-order chi connectivity index (χ0) is 13.7. The van der Waals surface area contributed by atoms with Gasteiger partial charge in [0, 0.05) is 0 Å². The van der Waals surface area contributed by atoms with Gasteiger partial charge in [0.25, 0.3) is 0 Å². The van der Waals surface area contributed by atoms with Crippen molar-refractivity contribution >= 4 is 5.97 Å². The van der Waals surface area contributed by atoms with Gasteiger partial charge < -0.3 is 9.47 Å². The fraction of sp³-hybridized carbons (Fsp3) is 0.188. The molecular weight excluding hydrogens is 240 g/mol. The summed E-state index contributed by atoms with van der Waals surface area (Å²) >= 11 is 0. The summed E-state index contributed by atoms with van der Waals surface area (Å²) in [7, 11) is 1.54. The number of rotatable bonds is 4. The average Bonchev–Trinajstić information content (AvgIpc) is 2.45. The molecule has 0 saturated heterocycles. The summed E-state index contributed by atoms with van der Waals surface area (Å²) < 4.78 is 10.5. The van der Waals surface area contributed by atoms with Crippen molar-refractivity contribution < 1.29 is 14.3 Å². The molecule has 2 aromatic rings. The first kappa shape index (κ1) is 13.1. The van der Waals surface area contributed by atoms with Crippen LogP contribution in [0.2, 0.25) is 0 Å². The van der Waals surface area contributed by atoms with E-state index in [0.29, 0.717) is 11.3 Å². The lowest BCUT2D eigenvalue weighted by atomic mass is 10.1. The van der Waals surface area contributed by atoms with E-state index in [1.807, 2.05) is 49.4 Å². The van der Waals surface area contributed by atoms with E-state index in [1.54, 1.807) is 13.2 Å². The Balaban J connectivity index is 2.08. The quantitative estimate of drug-likeness (QED) is 0.787. The van der Waals surface area contributed by atoms with Crippen LogP contribution >= 0.6 is 0 Å².